The number of morpholine rings is 1. The average molecular weight is 429 g/mol. The van der Waals surface area contributed by atoms with E-state index < -0.39 is 0 Å². The first-order chi connectivity index (χ1) is 14.9. The predicted octanol–water partition coefficient (Wildman–Crippen LogP) is 3.25. The molecule has 1 saturated heterocycles. The summed E-state index contributed by atoms with van der Waals surface area (Å²) in [6.07, 6.45) is 0.436. The van der Waals surface area contributed by atoms with Crippen molar-refractivity contribution in [1.82, 2.24) is 10.2 Å². The molecule has 2 aromatic rings. The lowest BCUT2D eigenvalue weighted by Crippen LogP contribution is -2.45. The molecule has 0 aromatic heterocycles. The maximum Gasteiger partial charge on any atom is 0.251 e. The third-order valence-corrected chi connectivity index (χ3v) is 5.37. The quantitative estimate of drug-likeness (QED) is 0.696. The van der Waals surface area contributed by atoms with Crippen molar-refractivity contribution in [2.24, 2.45) is 0 Å². The van der Waals surface area contributed by atoms with Crippen LogP contribution >= 0.6 is 0 Å². The van der Waals surface area contributed by atoms with Gasteiger partial charge in [-0.05, 0) is 37.1 Å². The van der Waals surface area contributed by atoms with E-state index in [1.165, 1.54) is 26.9 Å². The summed E-state index contributed by atoms with van der Waals surface area (Å²) in [7, 11) is 4.60. The molecular formula is C24H32N2O5. The second kappa shape index (κ2) is 10.5. The van der Waals surface area contributed by atoms with Crippen LogP contribution in [0.2, 0.25) is 0 Å². The summed E-state index contributed by atoms with van der Waals surface area (Å²) in [5, 5.41) is 3.02. The van der Waals surface area contributed by atoms with Crippen molar-refractivity contribution < 1.29 is 23.7 Å². The highest BCUT2D eigenvalue weighted by atomic mass is 16.5. The summed E-state index contributed by atoms with van der Waals surface area (Å²) in [4.78, 5) is 15.3. The Bertz CT molecular complexity index is 866. The minimum Gasteiger partial charge on any atom is -0.493 e. The van der Waals surface area contributed by atoms with Crippen LogP contribution in [0.15, 0.2) is 36.4 Å². The van der Waals surface area contributed by atoms with Gasteiger partial charge >= 0.3 is 0 Å². The van der Waals surface area contributed by atoms with Crippen LogP contribution in [0.1, 0.15) is 35.3 Å². The summed E-state index contributed by atoms with van der Waals surface area (Å²) in [6.45, 7) is 7.26. The Hall–Kier alpha value is -2.77. The van der Waals surface area contributed by atoms with E-state index in [2.05, 4.69) is 36.2 Å². The monoisotopic (exact) mass is 428 g/mol. The smallest absolute Gasteiger partial charge is 0.251 e. The largest absolute Gasteiger partial charge is 0.493 e. The fourth-order valence-corrected chi connectivity index (χ4v) is 4.03. The van der Waals surface area contributed by atoms with Gasteiger partial charge < -0.3 is 24.3 Å². The van der Waals surface area contributed by atoms with Crippen LogP contribution in [0.3, 0.4) is 0 Å². The van der Waals surface area contributed by atoms with Crippen molar-refractivity contribution in [1.29, 1.82) is 0 Å². The van der Waals surface area contributed by atoms with Gasteiger partial charge in [-0.25, -0.2) is 0 Å². The van der Waals surface area contributed by atoms with Crippen LogP contribution in [-0.2, 0) is 17.8 Å². The number of nitrogens with zero attached hydrogens (tertiary/aromatic N) is 1. The number of amides is 1. The highest BCUT2D eigenvalue weighted by Gasteiger charge is 2.23. The van der Waals surface area contributed by atoms with E-state index in [9.17, 15) is 4.79 Å². The molecule has 2 aromatic carbocycles. The third kappa shape index (κ3) is 5.68. The van der Waals surface area contributed by atoms with Crippen molar-refractivity contribution >= 4 is 5.91 Å². The molecular weight excluding hydrogens is 396 g/mol. The summed E-state index contributed by atoms with van der Waals surface area (Å²) in [5.74, 6) is 1.15. The van der Waals surface area contributed by atoms with Crippen LogP contribution < -0.4 is 19.5 Å². The lowest BCUT2D eigenvalue weighted by Gasteiger charge is -2.35. The van der Waals surface area contributed by atoms with Gasteiger partial charge in [0, 0.05) is 31.7 Å². The molecule has 2 atom stereocenters. The summed E-state index contributed by atoms with van der Waals surface area (Å²) < 4.78 is 21.9. The zero-order valence-corrected chi connectivity index (χ0v) is 18.9. The molecule has 0 bridgehead atoms. The number of ether oxygens (including phenoxy) is 4. The lowest BCUT2D eigenvalue weighted by atomic mass is 10.1. The molecule has 7 heteroatoms. The molecule has 1 aliphatic rings. The van der Waals surface area contributed by atoms with Crippen molar-refractivity contribution in [2.75, 3.05) is 34.4 Å². The number of carbonyl (C=O) groups is 1. The number of rotatable bonds is 8. The third-order valence-electron chi connectivity index (χ3n) is 5.37. The molecule has 31 heavy (non-hydrogen) atoms. The lowest BCUT2D eigenvalue weighted by molar-refractivity contribution is -0.0705. The van der Waals surface area contributed by atoms with Crippen LogP contribution in [0.4, 0.5) is 0 Å². The zero-order valence-electron chi connectivity index (χ0n) is 18.9. The number of hydrogen-bond acceptors (Lipinski definition) is 6. The molecule has 1 heterocycles. The van der Waals surface area contributed by atoms with E-state index in [1.54, 1.807) is 12.1 Å². The fraction of sp³-hybridized carbons (Fsp3) is 0.458. The van der Waals surface area contributed by atoms with Gasteiger partial charge in [0.05, 0.1) is 33.5 Å². The van der Waals surface area contributed by atoms with Crippen molar-refractivity contribution in [3.05, 3.63) is 53.1 Å². The standard InChI is InChI=1S/C24H32N2O5/c1-16-13-26(14-17(2)31-16)15-19-9-7-6-8-18(19)12-25-24(27)20-10-21(28-3)23(30-5)22(11-20)29-4/h6-11,16-17H,12-15H2,1-5H3,(H,25,27)/t16-,17+. The summed E-state index contributed by atoms with van der Waals surface area (Å²) in [6, 6.07) is 11.5. The summed E-state index contributed by atoms with van der Waals surface area (Å²) >= 11 is 0. The van der Waals surface area contributed by atoms with E-state index in [0.29, 0.717) is 29.4 Å². The normalized spacial score (nSPS) is 19.0. The number of benzene rings is 2. The Labute approximate surface area is 184 Å². The van der Waals surface area contributed by atoms with Gasteiger partial charge in [-0.3, -0.25) is 9.69 Å². The first kappa shape index (κ1) is 22.9. The minimum atomic E-state index is -0.206. The minimum absolute atomic E-state index is 0.206. The Morgan fingerprint density at radius 2 is 1.58 bits per heavy atom. The van der Waals surface area contributed by atoms with Crippen LogP contribution in [0.25, 0.3) is 0 Å². The van der Waals surface area contributed by atoms with E-state index in [0.717, 1.165) is 25.2 Å². The molecule has 7 nitrogen and oxygen atoms in total. The van der Waals surface area contributed by atoms with E-state index >= 15 is 0 Å². The van der Waals surface area contributed by atoms with E-state index in [1.807, 2.05) is 12.1 Å². The predicted molar refractivity (Wildman–Crippen MR) is 119 cm³/mol. The van der Waals surface area contributed by atoms with Crippen molar-refractivity contribution in [3.63, 3.8) is 0 Å². The molecule has 0 unspecified atom stereocenters. The van der Waals surface area contributed by atoms with Gasteiger partial charge in [0.25, 0.3) is 5.91 Å². The molecule has 0 radical (unpaired) electrons. The second-order valence-corrected chi connectivity index (χ2v) is 7.82. The van der Waals surface area contributed by atoms with Crippen LogP contribution in [0.5, 0.6) is 17.2 Å². The first-order valence-electron chi connectivity index (χ1n) is 10.5. The molecule has 168 valence electrons. The summed E-state index contributed by atoms with van der Waals surface area (Å²) in [5.41, 5.74) is 2.74. The number of methoxy groups -OCH3 is 3. The molecule has 1 N–H and O–H groups in total. The average Bonchev–Trinajstić information content (AvgIpc) is 2.76. The Morgan fingerprint density at radius 3 is 2.13 bits per heavy atom. The van der Waals surface area contributed by atoms with Gasteiger partial charge in [0.1, 0.15) is 0 Å². The van der Waals surface area contributed by atoms with Crippen molar-refractivity contribution in [3.8, 4) is 17.2 Å². The van der Waals surface area contributed by atoms with E-state index in [4.69, 9.17) is 18.9 Å². The van der Waals surface area contributed by atoms with Crippen LogP contribution in [-0.4, -0.2) is 57.4 Å². The van der Waals surface area contributed by atoms with Gasteiger partial charge in [0.15, 0.2) is 11.5 Å². The Kier molecular flexibility index (Phi) is 7.76. The van der Waals surface area contributed by atoms with Crippen molar-refractivity contribution in [2.45, 2.75) is 39.1 Å². The van der Waals surface area contributed by atoms with E-state index in [-0.39, 0.29) is 18.1 Å². The van der Waals surface area contributed by atoms with Crippen LogP contribution in [0, 0.1) is 0 Å². The van der Waals surface area contributed by atoms with Gasteiger partial charge in [-0.15, -0.1) is 0 Å². The number of nitrogens with one attached hydrogen (secondary N) is 1. The zero-order chi connectivity index (χ0) is 22.4. The second-order valence-electron chi connectivity index (χ2n) is 7.82. The molecule has 1 amide bonds. The highest BCUT2D eigenvalue weighted by Crippen LogP contribution is 2.38. The SMILES string of the molecule is COc1cc(C(=O)NCc2ccccc2CN2C[C@@H](C)O[C@@H](C)C2)cc(OC)c1OC. The van der Waals surface area contributed by atoms with Gasteiger partial charge in [-0.1, -0.05) is 24.3 Å². The molecule has 0 saturated carbocycles. The first-order valence-corrected chi connectivity index (χ1v) is 10.5. The number of hydrogen-bond donors (Lipinski definition) is 1. The van der Waals surface area contributed by atoms with Gasteiger partial charge in [-0.2, -0.15) is 0 Å². The molecule has 3 rings (SSSR count). The fourth-order valence-electron chi connectivity index (χ4n) is 4.03. The topological polar surface area (TPSA) is 69.3 Å². The molecule has 1 fully saturated rings. The molecule has 1 aliphatic heterocycles. The van der Waals surface area contributed by atoms with Gasteiger partial charge in [0.2, 0.25) is 5.75 Å². The maximum atomic E-state index is 12.9. The molecule has 0 spiro atoms. The maximum absolute atomic E-state index is 12.9. The Balaban J connectivity index is 1.71. The highest BCUT2D eigenvalue weighted by molar-refractivity contribution is 5.95. The number of carbonyl (C=O) groups excluding carboxylic acids is 1. The molecule has 0 aliphatic carbocycles. The Morgan fingerprint density at radius 1 is 1.00 bits per heavy atom.